The second-order valence-corrected chi connectivity index (χ2v) is 2.59. The average molecular weight is 222 g/mol. The Balaban J connectivity index is 3.06. The van der Waals surface area contributed by atoms with E-state index in [2.05, 4.69) is 22.9 Å². The Morgan fingerprint density at radius 3 is 3.00 bits per heavy atom. The molecule has 0 atom stereocenters. The number of amides is 1. The lowest BCUT2D eigenvalue weighted by Gasteiger charge is -2.01. The molecule has 1 radical (unpaired) electrons. The fourth-order valence-electron chi connectivity index (χ4n) is 0.905. The van der Waals surface area contributed by atoms with Crippen molar-refractivity contribution >= 4 is 17.5 Å². The molecule has 0 unspecified atom stereocenters. The Labute approximate surface area is 90.9 Å². The van der Waals surface area contributed by atoms with Gasteiger partial charge in [-0.1, -0.05) is 6.58 Å². The van der Waals surface area contributed by atoms with Crippen LogP contribution in [0, 0.1) is 16.2 Å². The number of nitrogens with zero attached hydrogens (tertiary/aromatic N) is 2. The molecule has 1 heterocycles. The van der Waals surface area contributed by atoms with E-state index in [-0.39, 0.29) is 11.6 Å². The first-order valence-corrected chi connectivity index (χ1v) is 4.13. The summed E-state index contributed by atoms with van der Waals surface area (Å²) >= 11 is 0. The zero-order valence-electron chi connectivity index (χ0n) is 8.39. The molecule has 7 nitrogen and oxygen atoms in total. The predicted molar refractivity (Wildman–Crippen MR) is 55.1 cm³/mol. The monoisotopic (exact) mass is 222 g/mol. The Bertz CT molecular complexity index is 444. The third-order valence-corrected chi connectivity index (χ3v) is 1.60. The quantitative estimate of drug-likeness (QED) is 0.464. The fourth-order valence-corrected chi connectivity index (χ4v) is 0.905. The highest BCUT2D eigenvalue weighted by molar-refractivity contribution is 5.98. The minimum absolute atomic E-state index is 0.0263. The highest BCUT2D eigenvalue weighted by Crippen LogP contribution is 2.25. The van der Waals surface area contributed by atoms with Crippen molar-refractivity contribution in [2.45, 2.75) is 0 Å². The highest BCUT2D eigenvalue weighted by Gasteiger charge is 2.19. The van der Waals surface area contributed by atoms with Gasteiger partial charge in [0.05, 0.1) is 13.2 Å². The summed E-state index contributed by atoms with van der Waals surface area (Å²) < 4.78 is 4.72. The molecule has 0 aliphatic carbocycles. The van der Waals surface area contributed by atoms with Gasteiger partial charge in [0.1, 0.15) is 0 Å². The van der Waals surface area contributed by atoms with Gasteiger partial charge in [-0.15, -0.1) is 0 Å². The SMILES string of the molecule is C=CC(=O)Nc1[c]cc(OC)c([N+](=O)[O-])n1. The van der Waals surface area contributed by atoms with Gasteiger partial charge >= 0.3 is 5.82 Å². The Hall–Kier alpha value is -2.44. The second-order valence-electron chi connectivity index (χ2n) is 2.59. The molecule has 1 aromatic heterocycles. The molecule has 1 rings (SSSR count). The number of pyridine rings is 1. The van der Waals surface area contributed by atoms with Gasteiger partial charge in [0.15, 0.2) is 0 Å². The molecule has 16 heavy (non-hydrogen) atoms. The van der Waals surface area contributed by atoms with Crippen molar-refractivity contribution in [3.8, 4) is 5.75 Å². The number of ether oxygens (including phenoxy) is 1. The van der Waals surface area contributed by atoms with E-state index in [1.54, 1.807) is 0 Å². The van der Waals surface area contributed by atoms with Crippen LogP contribution in [0.2, 0.25) is 0 Å². The lowest BCUT2D eigenvalue weighted by atomic mass is 10.4. The van der Waals surface area contributed by atoms with Crippen LogP contribution in [0.1, 0.15) is 0 Å². The molecule has 0 saturated heterocycles. The molecule has 0 aromatic carbocycles. The van der Waals surface area contributed by atoms with Gasteiger partial charge in [-0.05, 0) is 16.0 Å². The zero-order chi connectivity index (χ0) is 12.1. The summed E-state index contributed by atoms with van der Waals surface area (Å²) in [6.45, 7) is 3.24. The van der Waals surface area contributed by atoms with Gasteiger partial charge in [0.2, 0.25) is 5.75 Å². The van der Waals surface area contributed by atoms with Crippen LogP contribution in [-0.4, -0.2) is 22.9 Å². The number of nitro groups is 1. The summed E-state index contributed by atoms with van der Waals surface area (Å²) in [4.78, 5) is 24.4. The number of carbonyl (C=O) groups excluding carboxylic acids is 1. The minimum Gasteiger partial charge on any atom is -0.489 e. The number of methoxy groups -OCH3 is 1. The van der Waals surface area contributed by atoms with E-state index in [9.17, 15) is 14.9 Å². The van der Waals surface area contributed by atoms with E-state index in [1.807, 2.05) is 0 Å². The summed E-state index contributed by atoms with van der Waals surface area (Å²) in [6, 6.07) is 3.75. The molecule has 0 fully saturated rings. The minimum atomic E-state index is -0.712. The fraction of sp³-hybridized carbons (Fsp3) is 0.111. The summed E-state index contributed by atoms with van der Waals surface area (Å²) in [5.41, 5.74) is 0. The number of nitrogens with one attached hydrogen (secondary N) is 1. The maximum absolute atomic E-state index is 10.9. The van der Waals surface area contributed by atoms with Crippen molar-refractivity contribution in [2.24, 2.45) is 0 Å². The largest absolute Gasteiger partial charge is 0.489 e. The van der Waals surface area contributed by atoms with Crippen molar-refractivity contribution in [3.63, 3.8) is 0 Å². The van der Waals surface area contributed by atoms with Crippen molar-refractivity contribution in [1.82, 2.24) is 4.98 Å². The van der Waals surface area contributed by atoms with E-state index in [0.29, 0.717) is 0 Å². The van der Waals surface area contributed by atoms with Gasteiger partial charge in [-0.25, -0.2) is 0 Å². The number of anilines is 1. The molecular formula is C9H8N3O4. The third kappa shape index (κ3) is 2.53. The molecule has 0 aliphatic heterocycles. The summed E-state index contributed by atoms with van der Waals surface area (Å²) in [6.07, 6.45) is 1.02. The van der Waals surface area contributed by atoms with Gasteiger partial charge < -0.3 is 14.9 Å². The summed E-state index contributed by atoms with van der Waals surface area (Å²) in [7, 11) is 1.28. The van der Waals surface area contributed by atoms with Crippen LogP contribution in [-0.2, 0) is 4.79 Å². The second kappa shape index (κ2) is 4.87. The van der Waals surface area contributed by atoms with Crippen LogP contribution in [0.5, 0.6) is 5.75 Å². The lowest BCUT2D eigenvalue weighted by molar-refractivity contribution is -0.390. The first-order valence-electron chi connectivity index (χ1n) is 4.13. The molecule has 1 amide bonds. The van der Waals surface area contributed by atoms with Crippen LogP contribution in [0.15, 0.2) is 18.7 Å². The molecule has 0 bridgehead atoms. The smallest absolute Gasteiger partial charge is 0.408 e. The lowest BCUT2D eigenvalue weighted by Crippen LogP contribution is -2.10. The van der Waals surface area contributed by atoms with Gasteiger partial charge in [0.25, 0.3) is 11.7 Å². The van der Waals surface area contributed by atoms with Gasteiger partial charge in [-0.3, -0.25) is 10.1 Å². The van der Waals surface area contributed by atoms with Crippen molar-refractivity contribution in [1.29, 1.82) is 0 Å². The summed E-state index contributed by atoms with van der Waals surface area (Å²) in [5, 5.41) is 12.9. The molecule has 0 aliphatic rings. The normalized spacial score (nSPS) is 9.31. The van der Waals surface area contributed by atoms with Gasteiger partial charge in [-0.2, -0.15) is 0 Å². The third-order valence-electron chi connectivity index (χ3n) is 1.60. The number of hydrogen-bond acceptors (Lipinski definition) is 5. The molecule has 7 heteroatoms. The highest BCUT2D eigenvalue weighted by atomic mass is 16.6. The molecule has 1 aromatic rings. The summed E-state index contributed by atoms with van der Waals surface area (Å²) in [5.74, 6) is -1.09. The topological polar surface area (TPSA) is 94.4 Å². The number of aromatic nitrogens is 1. The molecular weight excluding hydrogens is 214 g/mol. The van der Waals surface area contributed by atoms with Crippen molar-refractivity contribution in [2.75, 3.05) is 12.4 Å². The van der Waals surface area contributed by atoms with E-state index < -0.39 is 16.6 Å². The van der Waals surface area contributed by atoms with Gasteiger partial charge in [0, 0.05) is 6.07 Å². The zero-order valence-corrected chi connectivity index (χ0v) is 8.39. The van der Waals surface area contributed by atoms with Crippen molar-refractivity contribution in [3.05, 3.63) is 34.9 Å². The standard InChI is InChI=1S/C9H8N3O4/c1-3-8(13)10-7-5-4-6(16-2)9(11-7)12(14)15/h3-4H,1H2,2H3,(H,10,11,13). The first-order chi connectivity index (χ1) is 7.58. The molecule has 1 N–H and O–H groups in total. The Morgan fingerprint density at radius 1 is 1.81 bits per heavy atom. The van der Waals surface area contributed by atoms with Crippen LogP contribution >= 0.6 is 0 Å². The maximum atomic E-state index is 10.9. The van der Waals surface area contributed by atoms with Crippen molar-refractivity contribution < 1.29 is 14.5 Å². The maximum Gasteiger partial charge on any atom is 0.408 e. The van der Waals surface area contributed by atoms with E-state index in [1.165, 1.54) is 13.2 Å². The molecule has 0 spiro atoms. The van der Waals surface area contributed by atoms with Crippen LogP contribution < -0.4 is 10.1 Å². The van der Waals surface area contributed by atoms with Crippen LogP contribution in [0.25, 0.3) is 0 Å². The number of hydrogen-bond donors (Lipinski definition) is 1. The number of carbonyl (C=O) groups is 1. The molecule has 83 valence electrons. The first kappa shape index (κ1) is 11.6. The van der Waals surface area contributed by atoms with E-state index >= 15 is 0 Å². The Kier molecular flexibility index (Phi) is 3.54. The van der Waals surface area contributed by atoms with E-state index in [0.717, 1.165) is 6.08 Å². The van der Waals surface area contributed by atoms with Crippen LogP contribution in [0.3, 0.4) is 0 Å². The van der Waals surface area contributed by atoms with E-state index in [4.69, 9.17) is 4.74 Å². The molecule has 0 saturated carbocycles. The van der Waals surface area contributed by atoms with Crippen LogP contribution in [0.4, 0.5) is 11.6 Å². The number of rotatable bonds is 4. The Morgan fingerprint density at radius 2 is 2.50 bits per heavy atom. The average Bonchev–Trinajstić information content (AvgIpc) is 2.28. The predicted octanol–water partition coefficient (Wildman–Crippen LogP) is 0.923.